The molecule has 1 aliphatic carbocycles. The first-order chi connectivity index (χ1) is 58.8. The summed E-state index contributed by atoms with van der Waals surface area (Å²) in [6.07, 6.45) is 10.5. The third-order valence-corrected chi connectivity index (χ3v) is 22.3. The van der Waals surface area contributed by atoms with E-state index in [0.717, 1.165) is 162 Å². The number of benzene rings is 13. The van der Waals surface area contributed by atoms with Gasteiger partial charge in [0.1, 0.15) is 66.7 Å². The van der Waals surface area contributed by atoms with Gasteiger partial charge in [-0.15, -0.1) is 0 Å². The van der Waals surface area contributed by atoms with Gasteiger partial charge >= 0.3 is 23.9 Å². The van der Waals surface area contributed by atoms with Crippen molar-refractivity contribution in [2.24, 2.45) is 17.8 Å². The van der Waals surface area contributed by atoms with Crippen LogP contribution in [0, 0.1) is 17.8 Å². The highest BCUT2D eigenvalue weighted by atomic mass is 16.6. The monoisotopic (exact) mass is 1600 g/mol. The molecule has 13 aromatic carbocycles. The minimum atomic E-state index is -0.653. The Morgan fingerprint density at radius 1 is 0.433 bits per heavy atom. The molecule has 13 aromatic rings. The van der Waals surface area contributed by atoms with Crippen molar-refractivity contribution in [3.8, 4) is 79.0 Å². The molecule has 3 aliphatic rings. The van der Waals surface area contributed by atoms with Gasteiger partial charge in [0.05, 0.1) is 23.7 Å². The third-order valence-electron chi connectivity index (χ3n) is 22.3. The summed E-state index contributed by atoms with van der Waals surface area (Å²) >= 11 is 0. The molecule has 0 amide bonds. The zero-order valence-corrected chi connectivity index (χ0v) is 68.6. The van der Waals surface area contributed by atoms with Crippen molar-refractivity contribution in [1.29, 1.82) is 0 Å². The van der Waals surface area contributed by atoms with Crippen LogP contribution in [0.4, 0.5) is 0 Å². The fourth-order valence-corrected chi connectivity index (χ4v) is 15.6. The smallest absolute Gasteiger partial charge is 0.343 e. The van der Waals surface area contributed by atoms with Crippen LogP contribution in [0.25, 0.3) is 93.4 Å². The molecule has 2 heterocycles. The second-order valence-electron chi connectivity index (χ2n) is 30.7. The van der Waals surface area contributed by atoms with Crippen LogP contribution in [0.1, 0.15) is 110 Å². The van der Waals surface area contributed by atoms with E-state index in [4.69, 9.17) is 52.1 Å². The van der Waals surface area contributed by atoms with Gasteiger partial charge in [-0.25, -0.2) is 14.4 Å². The van der Waals surface area contributed by atoms with Crippen LogP contribution in [0.15, 0.2) is 286 Å². The summed E-state index contributed by atoms with van der Waals surface area (Å²) < 4.78 is 64.5. The van der Waals surface area contributed by atoms with Crippen LogP contribution < -0.4 is 28.4 Å². The Balaban J connectivity index is 0.000000148. The van der Waals surface area contributed by atoms with Crippen molar-refractivity contribution >= 4 is 72.7 Å². The van der Waals surface area contributed by atoms with Gasteiger partial charge < -0.3 is 52.1 Å². The van der Waals surface area contributed by atoms with Crippen molar-refractivity contribution in [1.82, 2.24) is 0 Å². The van der Waals surface area contributed by atoms with Gasteiger partial charge in [-0.1, -0.05) is 247 Å². The number of rotatable bonds is 25. The van der Waals surface area contributed by atoms with Gasteiger partial charge in [-0.2, -0.15) is 0 Å². The van der Waals surface area contributed by atoms with E-state index in [2.05, 4.69) is 143 Å². The highest BCUT2D eigenvalue weighted by Crippen LogP contribution is 2.49. The van der Waals surface area contributed by atoms with E-state index < -0.39 is 30.1 Å². The van der Waals surface area contributed by atoms with E-state index >= 15 is 0 Å². The summed E-state index contributed by atoms with van der Waals surface area (Å²) in [6, 6.07) is 87.0. The topological polar surface area (TPSA) is 170 Å². The van der Waals surface area contributed by atoms with E-state index in [-0.39, 0.29) is 38.3 Å². The zero-order chi connectivity index (χ0) is 83.1. The van der Waals surface area contributed by atoms with Gasteiger partial charge in [0.15, 0.2) is 12.2 Å². The van der Waals surface area contributed by atoms with E-state index in [1.54, 1.807) is 43.5 Å². The summed E-state index contributed by atoms with van der Waals surface area (Å²) in [5.41, 5.74) is 11.0. The lowest BCUT2D eigenvalue weighted by atomic mass is 9.80. The van der Waals surface area contributed by atoms with Gasteiger partial charge in [0, 0.05) is 67.2 Å². The molecule has 0 bridgehead atoms. The van der Waals surface area contributed by atoms with Gasteiger partial charge in [-0.3, -0.25) is 4.79 Å². The number of esters is 4. The predicted molar refractivity (Wildman–Crippen MR) is 476 cm³/mol. The van der Waals surface area contributed by atoms with Crippen LogP contribution in [-0.2, 0) is 39.7 Å². The molecule has 120 heavy (non-hydrogen) atoms. The highest BCUT2D eigenvalue weighted by Gasteiger charge is 2.32. The molecule has 0 saturated heterocycles. The molecule has 1 fully saturated rings. The molecular formula is C105H102O15. The Bertz CT molecular complexity index is 5510. The average Bonchev–Trinajstić information content (AvgIpc) is 1.13. The first kappa shape index (κ1) is 83.7. The minimum absolute atomic E-state index is 0.0202. The maximum absolute atomic E-state index is 13.3. The van der Waals surface area contributed by atoms with Crippen molar-refractivity contribution in [3.05, 3.63) is 308 Å². The largest absolute Gasteiger partial charge is 0.494 e. The van der Waals surface area contributed by atoms with Crippen LogP contribution in [0.3, 0.4) is 0 Å². The minimum Gasteiger partial charge on any atom is -0.494 e. The molecular weight excluding hydrogens is 1500 g/mol. The lowest BCUT2D eigenvalue weighted by molar-refractivity contribution is -0.158. The van der Waals surface area contributed by atoms with E-state index in [9.17, 15) is 19.2 Å². The first-order valence-electron chi connectivity index (χ1n) is 41.7. The quantitative estimate of drug-likeness (QED) is 0.0174. The first-order valence-corrected chi connectivity index (χ1v) is 41.7. The molecule has 0 radical (unpaired) electrons. The van der Waals surface area contributed by atoms with Crippen molar-refractivity contribution in [2.45, 2.75) is 97.2 Å². The molecule has 15 heteroatoms. The molecule has 0 N–H and O–H groups in total. The summed E-state index contributed by atoms with van der Waals surface area (Å²) in [7, 11) is 1.68. The number of fused-ring (bicyclic) bond motifs is 14. The molecule has 0 aromatic heterocycles. The predicted octanol–water partition coefficient (Wildman–Crippen LogP) is 24.0. The number of carbonyl (C=O) groups is 4. The Morgan fingerprint density at radius 2 is 0.825 bits per heavy atom. The summed E-state index contributed by atoms with van der Waals surface area (Å²) in [5.74, 6) is 4.38. The van der Waals surface area contributed by atoms with E-state index in [0.29, 0.717) is 72.2 Å². The van der Waals surface area contributed by atoms with Gasteiger partial charge in [0.25, 0.3) is 0 Å². The molecule has 1 unspecified atom stereocenters. The molecule has 2 aliphatic heterocycles. The van der Waals surface area contributed by atoms with E-state index in [1.807, 2.05) is 121 Å². The number of methoxy groups -OCH3 is 1. The Kier molecular flexibility index (Phi) is 28.6. The maximum atomic E-state index is 13.3. The summed E-state index contributed by atoms with van der Waals surface area (Å²) in [5, 5.41) is 8.81. The molecule has 15 nitrogen and oxygen atoms in total. The standard InChI is InChI=1S/C39H28O6.C33H40O5.C33H34O4/c1-2-36(40)44-30-19-15-26(16-20-30)25-11-13-29(14-12-25)39(41)45-31-23-42-34-21-17-27-7-3-5-9-32(27)37(34)38-33-10-6-4-8-28(33)18-22-35(38)43-24-31;1-5-25(2)24-27-8-10-29(11-9-27)30-16-18-32(19-17-30)38-33(34)31-14-12-28(13-15-31)26(3)37-23-7-22-36-21-6-20-35-4;1-2-7-22-12-14-25(15-13-22)33(34)37-26-20-35-29-18-16-23-8-3-5-10-27(23)31(29)32-28-11-6-4-9-24(28)17-19-30(32)36-21-26/h2-22,31H,1,23-24H2;8-19,25H,3,5-7,20-24H2,1-2,4H3;3-6,8-11,16-19,22,25-26H,2,7,12-15,20-21H2,1H3. The summed E-state index contributed by atoms with van der Waals surface area (Å²) in [6.45, 7) is 17.4. The average molecular weight is 1600 g/mol. The molecule has 1 atom stereocenters. The van der Waals surface area contributed by atoms with Crippen molar-refractivity contribution in [3.63, 3.8) is 0 Å². The molecule has 1 saturated carbocycles. The van der Waals surface area contributed by atoms with Crippen LogP contribution in [-0.4, -0.2) is 96.1 Å². The van der Waals surface area contributed by atoms with Gasteiger partial charge in [-0.05, 0) is 194 Å². The second-order valence-corrected chi connectivity index (χ2v) is 30.7. The zero-order valence-electron chi connectivity index (χ0n) is 68.6. The lowest BCUT2D eigenvalue weighted by Crippen LogP contribution is -2.34. The molecule has 612 valence electrons. The fraction of sp³-hybridized carbons (Fsp3) is 0.257. The van der Waals surface area contributed by atoms with Crippen molar-refractivity contribution < 1.29 is 71.3 Å². The third kappa shape index (κ3) is 21.2. The van der Waals surface area contributed by atoms with Crippen molar-refractivity contribution in [2.75, 3.05) is 60.0 Å². The number of carbonyl (C=O) groups excluding carboxylic acids is 4. The van der Waals surface area contributed by atoms with Crippen LogP contribution in [0.2, 0.25) is 0 Å². The lowest BCUT2D eigenvalue weighted by Gasteiger charge is -2.28. The normalized spacial score (nSPS) is 14.7. The van der Waals surface area contributed by atoms with E-state index in [1.165, 1.54) is 24.8 Å². The Morgan fingerprint density at radius 3 is 1.26 bits per heavy atom. The van der Waals surface area contributed by atoms with Gasteiger partial charge in [0.2, 0.25) is 0 Å². The summed E-state index contributed by atoms with van der Waals surface area (Å²) in [4.78, 5) is 50.5. The second kappa shape index (κ2) is 41.0. The Labute approximate surface area is 702 Å². The Hall–Kier alpha value is -12.8. The molecule has 0 spiro atoms. The van der Waals surface area contributed by atoms with Crippen LogP contribution in [0.5, 0.6) is 34.5 Å². The molecule has 16 rings (SSSR count). The van der Waals surface area contributed by atoms with Crippen LogP contribution >= 0.6 is 0 Å². The number of hydrogen-bond donors (Lipinski definition) is 0. The number of ether oxygens (including phenoxy) is 11. The highest BCUT2D eigenvalue weighted by molar-refractivity contribution is 6.11. The fourth-order valence-electron chi connectivity index (χ4n) is 15.6. The maximum Gasteiger partial charge on any atom is 0.343 e. The number of hydrogen-bond acceptors (Lipinski definition) is 15. The SMILES string of the molecule is C=C(OCCCOCCCOC)c1ccc(C(=O)Oc2ccc(-c3ccc(CC(C)CC)cc3)cc2)cc1.C=CC(=O)Oc1ccc(-c2ccc(C(=O)OC3COc4ccc5ccccc5c4-c4c(ccc5ccccc45)OC3)cc2)cc1.CCCC1CCC(C(=O)OC2COc3ccc4ccccc4c3-c3c(ccc4ccccc34)OC2)CC1.